The number of hydrogen-bond acceptors (Lipinski definition) is 5. The number of benzene rings is 3. The molecule has 6 nitrogen and oxygen atoms in total. The van der Waals surface area contributed by atoms with Crippen LogP contribution in [0.1, 0.15) is 12.5 Å². The van der Waals surface area contributed by atoms with Gasteiger partial charge in [-0.25, -0.2) is 5.01 Å². The molecule has 1 aliphatic heterocycles. The molecule has 0 unspecified atom stereocenters. The Morgan fingerprint density at radius 1 is 0.800 bits per heavy atom. The number of para-hydroxylation sites is 1. The molecule has 3 aromatic carbocycles. The molecule has 0 saturated carbocycles. The largest absolute Gasteiger partial charge is 0.457 e. The average molecular weight is 460 g/mol. The molecule has 1 aromatic heterocycles. The second-order valence-corrected chi connectivity index (χ2v) is 8.50. The number of rotatable bonds is 6. The highest BCUT2D eigenvalue weighted by atomic mass is 16.5. The monoisotopic (exact) mass is 459 g/mol. The first kappa shape index (κ1) is 21.0. The molecule has 0 fully saturated rings. The molecule has 35 heavy (non-hydrogen) atoms. The zero-order chi connectivity index (χ0) is 23.5. The van der Waals surface area contributed by atoms with Gasteiger partial charge in [0.2, 0.25) is 0 Å². The summed E-state index contributed by atoms with van der Waals surface area (Å²) in [6, 6.07) is 28.6. The van der Waals surface area contributed by atoms with Gasteiger partial charge in [0.1, 0.15) is 24.5 Å². The number of hydrogen-bond donors (Lipinski definition) is 0. The molecule has 0 spiro atoms. The zero-order valence-corrected chi connectivity index (χ0v) is 19.2. The molecular weight excluding hydrogens is 434 g/mol. The van der Waals surface area contributed by atoms with Crippen LogP contribution in [0.4, 0.5) is 11.4 Å². The average Bonchev–Trinajstić information content (AvgIpc) is 3.61. The van der Waals surface area contributed by atoms with E-state index in [4.69, 9.17) is 9.84 Å². The summed E-state index contributed by atoms with van der Waals surface area (Å²) < 4.78 is 8.24. The Kier molecular flexibility index (Phi) is 5.60. The van der Waals surface area contributed by atoms with Crippen molar-refractivity contribution in [3.63, 3.8) is 0 Å². The Morgan fingerprint density at radius 2 is 1.63 bits per heavy atom. The lowest BCUT2D eigenvalue weighted by molar-refractivity contribution is 0.483. The molecule has 2 aliphatic rings. The summed E-state index contributed by atoms with van der Waals surface area (Å²) in [6.45, 7) is 0.650. The van der Waals surface area contributed by atoms with Gasteiger partial charge in [0.05, 0.1) is 17.4 Å². The van der Waals surface area contributed by atoms with Crippen LogP contribution in [0.2, 0.25) is 0 Å². The predicted octanol–water partition coefficient (Wildman–Crippen LogP) is 6.63. The Hall–Kier alpha value is -4.58. The van der Waals surface area contributed by atoms with E-state index in [-0.39, 0.29) is 6.04 Å². The van der Waals surface area contributed by atoms with Crippen molar-refractivity contribution in [1.82, 2.24) is 9.78 Å². The molecule has 172 valence electrons. The van der Waals surface area contributed by atoms with Crippen LogP contribution in [0.5, 0.6) is 11.5 Å². The number of nitrogens with zero attached hydrogens (tertiary/aromatic N) is 5. The maximum absolute atomic E-state index is 6.23. The van der Waals surface area contributed by atoms with Gasteiger partial charge < -0.3 is 9.64 Å². The maximum atomic E-state index is 6.23. The van der Waals surface area contributed by atoms with Crippen molar-refractivity contribution in [3.05, 3.63) is 115 Å². The molecule has 6 rings (SSSR count). The van der Waals surface area contributed by atoms with Gasteiger partial charge in [-0.2, -0.15) is 10.2 Å². The maximum Gasteiger partial charge on any atom is 0.129 e. The number of ether oxygens (including phenoxy) is 1. The van der Waals surface area contributed by atoms with Crippen molar-refractivity contribution in [1.29, 1.82) is 0 Å². The summed E-state index contributed by atoms with van der Waals surface area (Å²) in [6.07, 6.45) is 13.3. The van der Waals surface area contributed by atoms with E-state index in [1.54, 1.807) is 0 Å². The van der Waals surface area contributed by atoms with Gasteiger partial charge in [-0.15, -0.1) is 0 Å². The number of allylic oxidation sites excluding steroid dienone is 4. The second-order valence-electron chi connectivity index (χ2n) is 8.50. The molecule has 4 aromatic rings. The SMILES string of the molecule is C1=CC[C@H](n2ccc(-c3cccc(Oc4cccc(N5CN(c6ccccc6)C=N5)c4)c3)n2)C=C1. The quantitative estimate of drug-likeness (QED) is 0.325. The van der Waals surface area contributed by atoms with Crippen LogP contribution in [0.25, 0.3) is 11.3 Å². The summed E-state index contributed by atoms with van der Waals surface area (Å²) in [4.78, 5) is 2.11. The molecule has 0 bridgehead atoms. The van der Waals surface area contributed by atoms with Gasteiger partial charge in [-0.3, -0.25) is 4.68 Å². The Labute approximate surface area is 204 Å². The highest BCUT2D eigenvalue weighted by Gasteiger charge is 2.17. The van der Waals surface area contributed by atoms with E-state index >= 15 is 0 Å². The number of aromatic nitrogens is 2. The smallest absolute Gasteiger partial charge is 0.129 e. The van der Waals surface area contributed by atoms with E-state index < -0.39 is 0 Å². The molecule has 0 N–H and O–H groups in total. The summed E-state index contributed by atoms with van der Waals surface area (Å²) in [5.41, 5.74) is 4.04. The van der Waals surface area contributed by atoms with Crippen molar-refractivity contribution in [2.45, 2.75) is 12.5 Å². The van der Waals surface area contributed by atoms with Gasteiger partial charge >= 0.3 is 0 Å². The minimum atomic E-state index is 0.266. The van der Waals surface area contributed by atoms with E-state index in [0.717, 1.165) is 40.6 Å². The van der Waals surface area contributed by atoms with Gasteiger partial charge in [0.25, 0.3) is 0 Å². The summed E-state index contributed by atoms with van der Waals surface area (Å²) >= 11 is 0. The lowest BCUT2D eigenvalue weighted by Crippen LogP contribution is -2.26. The topological polar surface area (TPSA) is 45.9 Å². The van der Waals surface area contributed by atoms with Crippen molar-refractivity contribution >= 4 is 17.7 Å². The van der Waals surface area contributed by atoms with Crippen molar-refractivity contribution in [3.8, 4) is 22.8 Å². The fourth-order valence-electron chi connectivity index (χ4n) is 4.26. The van der Waals surface area contributed by atoms with Gasteiger partial charge in [-0.1, -0.05) is 60.7 Å². The Bertz CT molecular complexity index is 1410. The van der Waals surface area contributed by atoms with E-state index in [1.165, 1.54) is 0 Å². The zero-order valence-electron chi connectivity index (χ0n) is 19.2. The van der Waals surface area contributed by atoms with E-state index in [2.05, 4.69) is 58.6 Å². The fraction of sp³-hybridized carbons (Fsp3) is 0.103. The lowest BCUT2D eigenvalue weighted by Gasteiger charge is -2.19. The first-order valence-electron chi connectivity index (χ1n) is 11.7. The minimum absolute atomic E-state index is 0.266. The summed E-state index contributed by atoms with van der Waals surface area (Å²) in [7, 11) is 0. The summed E-state index contributed by atoms with van der Waals surface area (Å²) in [5.74, 6) is 1.53. The highest BCUT2D eigenvalue weighted by molar-refractivity contribution is 5.83. The Morgan fingerprint density at radius 3 is 2.49 bits per heavy atom. The molecule has 1 atom stereocenters. The van der Waals surface area contributed by atoms with Crippen LogP contribution < -0.4 is 14.6 Å². The molecule has 1 aliphatic carbocycles. The van der Waals surface area contributed by atoms with Crippen LogP contribution in [0.15, 0.2) is 121 Å². The second kappa shape index (κ2) is 9.35. The first-order chi connectivity index (χ1) is 17.3. The van der Waals surface area contributed by atoms with Crippen LogP contribution in [-0.2, 0) is 0 Å². The first-order valence-corrected chi connectivity index (χ1v) is 11.7. The highest BCUT2D eigenvalue weighted by Crippen LogP contribution is 2.31. The Balaban J connectivity index is 1.16. The molecule has 2 heterocycles. The molecule has 0 radical (unpaired) electrons. The van der Waals surface area contributed by atoms with Crippen LogP contribution in [0, 0.1) is 0 Å². The van der Waals surface area contributed by atoms with Crippen LogP contribution in [-0.4, -0.2) is 22.8 Å². The van der Waals surface area contributed by atoms with E-state index in [0.29, 0.717) is 6.67 Å². The van der Waals surface area contributed by atoms with Gasteiger partial charge in [0, 0.05) is 23.5 Å². The van der Waals surface area contributed by atoms with Crippen molar-refractivity contribution < 1.29 is 4.74 Å². The van der Waals surface area contributed by atoms with Gasteiger partial charge in [-0.05, 0) is 48.9 Å². The third-order valence-electron chi connectivity index (χ3n) is 6.09. The molecular formula is C29H25N5O. The number of anilines is 2. The normalized spacial score (nSPS) is 16.7. The van der Waals surface area contributed by atoms with Crippen LogP contribution in [0.3, 0.4) is 0 Å². The molecule has 6 heteroatoms. The number of hydrazone groups is 1. The van der Waals surface area contributed by atoms with Crippen molar-refractivity contribution in [2.75, 3.05) is 16.6 Å². The molecule has 0 amide bonds. The minimum Gasteiger partial charge on any atom is -0.457 e. The third kappa shape index (κ3) is 4.59. The van der Waals surface area contributed by atoms with Gasteiger partial charge in [0.15, 0.2) is 0 Å². The van der Waals surface area contributed by atoms with Crippen LogP contribution >= 0.6 is 0 Å². The van der Waals surface area contributed by atoms with Crippen molar-refractivity contribution in [2.24, 2.45) is 5.10 Å². The predicted molar refractivity (Wildman–Crippen MR) is 141 cm³/mol. The standard InChI is InChI=1S/C29H25N5O/c1-3-10-24(11-4-1)32-21-30-34(22-32)26-14-8-16-28(20-26)35-27-15-7-9-23(19-27)29-17-18-33(31-29)25-12-5-2-6-13-25/h1-12,14-21,25H,13,22H2/t25-/m1/s1. The summed E-state index contributed by atoms with van der Waals surface area (Å²) in [5, 5.41) is 11.3. The van der Waals surface area contributed by atoms with E-state index in [9.17, 15) is 0 Å². The fourth-order valence-corrected chi connectivity index (χ4v) is 4.26. The molecule has 0 saturated heterocycles. The lowest BCUT2D eigenvalue weighted by atomic mass is 10.1. The third-order valence-corrected chi connectivity index (χ3v) is 6.09. The van der Waals surface area contributed by atoms with E-state index in [1.807, 2.05) is 82.9 Å².